The Bertz CT molecular complexity index is 672. The molecule has 1 N–H and O–H groups in total. The van der Waals surface area contributed by atoms with E-state index in [-0.39, 0.29) is 30.6 Å². The summed E-state index contributed by atoms with van der Waals surface area (Å²) in [6.07, 6.45) is 10.7. The summed E-state index contributed by atoms with van der Waals surface area (Å²) in [7, 11) is 3.11. The monoisotopic (exact) mass is 436 g/mol. The zero-order valence-electron chi connectivity index (χ0n) is 19.3. The predicted molar refractivity (Wildman–Crippen MR) is 117 cm³/mol. The Morgan fingerprint density at radius 1 is 1.13 bits per heavy atom. The highest BCUT2D eigenvalue weighted by atomic mass is 16.5. The molecule has 3 heterocycles. The number of carbonyl (C=O) groups excluding carboxylic acids is 2. The van der Waals surface area contributed by atoms with Crippen molar-refractivity contribution in [2.75, 3.05) is 40.5 Å². The topological polar surface area (TPSA) is 79.3 Å². The Morgan fingerprint density at radius 2 is 1.84 bits per heavy atom. The second kappa shape index (κ2) is 9.26. The van der Waals surface area contributed by atoms with E-state index in [0.29, 0.717) is 32.0 Å². The fourth-order valence-electron chi connectivity index (χ4n) is 7.72. The van der Waals surface area contributed by atoms with Crippen molar-refractivity contribution in [2.24, 2.45) is 17.3 Å². The number of rotatable bonds is 3. The number of hydrogen-bond acceptors (Lipinski definition) is 5. The molecule has 176 valence electrons. The number of piperidine rings is 1. The molecule has 4 fully saturated rings. The lowest BCUT2D eigenvalue weighted by molar-refractivity contribution is -0.177. The lowest BCUT2D eigenvalue weighted by Gasteiger charge is -2.63. The van der Waals surface area contributed by atoms with Gasteiger partial charge in [-0.05, 0) is 37.5 Å². The van der Waals surface area contributed by atoms with Gasteiger partial charge in [0.05, 0.1) is 31.9 Å². The molecule has 3 aliphatic heterocycles. The zero-order valence-corrected chi connectivity index (χ0v) is 19.3. The molecule has 4 rings (SSSR count). The van der Waals surface area contributed by atoms with Crippen LogP contribution >= 0.6 is 0 Å². The Kier molecular flexibility index (Phi) is 6.82. The largest absolute Gasteiger partial charge is 0.453 e. The summed E-state index contributed by atoms with van der Waals surface area (Å²) < 4.78 is 11.0. The molecule has 0 unspecified atom stereocenters. The highest BCUT2D eigenvalue weighted by Crippen LogP contribution is 2.61. The third kappa shape index (κ3) is 3.65. The minimum absolute atomic E-state index is 0.0468. The van der Waals surface area contributed by atoms with Gasteiger partial charge in [0.25, 0.3) is 0 Å². The SMILES string of the molecule is COC[C@@]12[C@@H]3CCN4C(=O)CCCCCCCCC[C@@](CO)(C[C@H]3CN1C(=O)OC)[C@H]42. The highest BCUT2D eigenvalue weighted by molar-refractivity contribution is 5.78. The molecule has 2 amide bonds. The molecule has 0 aromatic rings. The second-order valence-electron chi connectivity index (χ2n) is 10.3. The standard InChI is InChI=1S/C24H40N2O5/c1-30-17-24-19-11-13-25-20(28)10-8-6-4-3-5-7-9-12-23(16-27,21(24)25)14-18(19)15-26(24)22(29)31-2/h18-19,21,27H,3-17H2,1-2H3/t18-,19+,21-,23-,24-/m0/s1. The maximum atomic E-state index is 13.5. The molecule has 1 aliphatic carbocycles. The van der Waals surface area contributed by atoms with E-state index in [4.69, 9.17) is 9.47 Å². The number of hydrogen-bond donors (Lipinski definition) is 1. The van der Waals surface area contributed by atoms with Crippen LogP contribution in [0, 0.1) is 17.3 Å². The molecule has 3 saturated heterocycles. The van der Waals surface area contributed by atoms with E-state index in [2.05, 4.69) is 0 Å². The maximum Gasteiger partial charge on any atom is 0.410 e. The first kappa shape index (κ1) is 22.8. The van der Waals surface area contributed by atoms with Crippen LogP contribution in [0.3, 0.4) is 0 Å². The number of carbonyl (C=O) groups is 2. The van der Waals surface area contributed by atoms with E-state index in [0.717, 1.165) is 44.9 Å². The van der Waals surface area contributed by atoms with Crippen LogP contribution in [0.25, 0.3) is 0 Å². The van der Waals surface area contributed by atoms with Gasteiger partial charge in [0, 0.05) is 32.0 Å². The number of likely N-dealkylation sites (tertiary alicyclic amines) is 1. The first-order valence-corrected chi connectivity index (χ1v) is 12.3. The molecule has 1 saturated carbocycles. The number of methoxy groups -OCH3 is 2. The molecular formula is C24H40N2O5. The molecule has 31 heavy (non-hydrogen) atoms. The van der Waals surface area contributed by atoms with Gasteiger partial charge in [0.2, 0.25) is 5.91 Å². The van der Waals surface area contributed by atoms with Crippen LogP contribution in [0.15, 0.2) is 0 Å². The number of aliphatic hydroxyl groups excluding tert-OH is 1. The van der Waals surface area contributed by atoms with Gasteiger partial charge in [-0.15, -0.1) is 0 Å². The molecule has 5 atom stereocenters. The lowest BCUT2D eigenvalue weighted by atomic mass is 9.52. The van der Waals surface area contributed by atoms with Crippen LogP contribution in [0.1, 0.15) is 70.6 Å². The minimum Gasteiger partial charge on any atom is -0.453 e. The van der Waals surface area contributed by atoms with Crippen molar-refractivity contribution in [3.05, 3.63) is 0 Å². The summed E-state index contributed by atoms with van der Waals surface area (Å²) in [5.74, 6) is 0.757. The van der Waals surface area contributed by atoms with Crippen molar-refractivity contribution in [1.29, 1.82) is 0 Å². The molecule has 0 radical (unpaired) electrons. The molecule has 0 aromatic carbocycles. The van der Waals surface area contributed by atoms with Crippen LogP contribution in [-0.4, -0.2) is 79.0 Å². The first-order chi connectivity index (χ1) is 15.0. The Hall–Kier alpha value is -1.34. The molecule has 4 bridgehead atoms. The first-order valence-electron chi connectivity index (χ1n) is 12.3. The van der Waals surface area contributed by atoms with E-state index in [9.17, 15) is 14.7 Å². The Labute approximate surface area is 186 Å². The number of nitrogens with zero attached hydrogens (tertiary/aromatic N) is 2. The van der Waals surface area contributed by atoms with E-state index < -0.39 is 11.0 Å². The summed E-state index contributed by atoms with van der Waals surface area (Å²) in [6, 6.07) is -0.227. The number of ether oxygens (including phenoxy) is 2. The van der Waals surface area contributed by atoms with Gasteiger partial charge in [-0.3, -0.25) is 9.69 Å². The highest BCUT2D eigenvalue weighted by Gasteiger charge is 2.72. The van der Waals surface area contributed by atoms with Gasteiger partial charge >= 0.3 is 6.09 Å². The summed E-state index contributed by atoms with van der Waals surface area (Å²) >= 11 is 0. The molecule has 4 aliphatic rings. The Morgan fingerprint density at radius 3 is 2.52 bits per heavy atom. The predicted octanol–water partition coefficient (Wildman–Crippen LogP) is 3.19. The fourth-order valence-corrected chi connectivity index (χ4v) is 7.72. The van der Waals surface area contributed by atoms with Crippen molar-refractivity contribution in [2.45, 2.75) is 82.2 Å². The Balaban J connectivity index is 1.82. The van der Waals surface area contributed by atoms with Crippen LogP contribution < -0.4 is 0 Å². The average Bonchev–Trinajstić information content (AvgIpc) is 3.01. The normalized spacial score (nSPS) is 38.8. The van der Waals surface area contributed by atoms with E-state index >= 15 is 0 Å². The van der Waals surface area contributed by atoms with Crippen LogP contribution in [0.4, 0.5) is 4.79 Å². The average molecular weight is 437 g/mol. The van der Waals surface area contributed by atoms with Gasteiger partial charge in [0.15, 0.2) is 0 Å². The summed E-state index contributed by atoms with van der Waals surface area (Å²) in [4.78, 5) is 30.4. The van der Waals surface area contributed by atoms with Crippen molar-refractivity contribution < 1.29 is 24.2 Å². The van der Waals surface area contributed by atoms with E-state index in [1.807, 2.05) is 9.80 Å². The van der Waals surface area contributed by atoms with Gasteiger partial charge in [-0.25, -0.2) is 4.79 Å². The third-order valence-electron chi connectivity index (χ3n) is 8.82. The van der Waals surface area contributed by atoms with Crippen LogP contribution in [0.2, 0.25) is 0 Å². The molecule has 0 spiro atoms. The van der Waals surface area contributed by atoms with Crippen molar-refractivity contribution in [3.63, 3.8) is 0 Å². The van der Waals surface area contributed by atoms with Gasteiger partial charge < -0.3 is 19.5 Å². The van der Waals surface area contributed by atoms with Crippen LogP contribution in [0.5, 0.6) is 0 Å². The van der Waals surface area contributed by atoms with E-state index in [1.165, 1.54) is 26.4 Å². The smallest absolute Gasteiger partial charge is 0.410 e. The van der Waals surface area contributed by atoms with Gasteiger partial charge in [-0.2, -0.15) is 0 Å². The second-order valence-corrected chi connectivity index (χ2v) is 10.3. The summed E-state index contributed by atoms with van der Waals surface area (Å²) in [5, 5.41) is 10.9. The molecule has 0 aromatic heterocycles. The minimum atomic E-state index is -0.623. The van der Waals surface area contributed by atoms with E-state index in [1.54, 1.807) is 7.11 Å². The van der Waals surface area contributed by atoms with Crippen LogP contribution in [-0.2, 0) is 14.3 Å². The number of amides is 2. The molecular weight excluding hydrogens is 396 g/mol. The third-order valence-corrected chi connectivity index (χ3v) is 8.82. The van der Waals surface area contributed by atoms with Crippen molar-refractivity contribution in [1.82, 2.24) is 9.80 Å². The summed E-state index contributed by atoms with van der Waals surface area (Å²) in [5.41, 5.74) is -1.02. The summed E-state index contributed by atoms with van der Waals surface area (Å²) in [6.45, 7) is 1.76. The molecule has 7 nitrogen and oxygen atoms in total. The maximum absolute atomic E-state index is 13.5. The number of aliphatic hydroxyl groups is 1. The lowest BCUT2D eigenvalue weighted by Crippen LogP contribution is -2.76. The van der Waals surface area contributed by atoms with Gasteiger partial charge in [-0.1, -0.05) is 38.5 Å². The van der Waals surface area contributed by atoms with Gasteiger partial charge in [0.1, 0.15) is 0 Å². The van der Waals surface area contributed by atoms with Crippen molar-refractivity contribution in [3.8, 4) is 0 Å². The van der Waals surface area contributed by atoms with Crippen molar-refractivity contribution >= 4 is 12.0 Å². The zero-order chi connectivity index (χ0) is 22.1. The molecule has 7 heteroatoms. The fraction of sp³-hybridized carbons (Fsp3) is 0.917. The quantitative estimate of drug-likeness (QED) is 0.735.